The van der Waals surface area contributed by atoms with Gasteiger partial charge < -0.3 is 10.2 Å². The lowest BCUT2D eigenvalue weighted by Crippen LogP contribution is -2.52. The van der Waals surface area contributed by atoms with Crippen LogP contribution < -0.4 is 9.62 Å². The summed E-state index contributed by atoms with van der Waals surface area (Å²) >= 11 is 12.3. The highest BCUT2D eigenvalue weighted by molar-refractivity contribution is 7.92. The van der Waals surface area contributed by atoms with Crippen LogP contribution in [0.15, 0.2) is 71.6 Å². The predicted octanol–water partition coefficient (Wildman–Crippen LogP) is 5.75. The molecule has 208 valence electrons. The van der Waals surface area contributed by atoms with E-state index in [4.69, 9.17) is 23.2 Å². The highest BCUT2D eigenvalue weighted by Gasteiger charge is 2.33. The molecule has 0 aromatic heterocycles. The van der Waals surface area contributed by atoms with E-state index in [2.05, 4.69) is 5.32 Å². The predicted molar refractivity (Wildman–Crippen MR) is 157 cm³/mol. The van der Waals surface area contributed by atoms with Crippen LogP contribution >= 0.6 is 23.2 Å². The number of likely N-dealkylation sites (N-methyl/N-ethyl adjacent to an activating group) is 1. The summed E-state index contributed by atoms with van der Waals surface area (Å²) < 4.78 is 28.7. The lowest BCUT2D eigenvalue weighted by atomic mass is 10.1. The molecule has 0 spiro atoms. The van der Waals surface area contributed by atoms with Crippen LogP contribution in [-0.2, 0) is 26.2 Å². The van der Waals surface area contributed by atoms with Gasteiger partial charge in [-0.25, -0.2) is 8.42 Å². The number of hydrogen-bond donors (Lipinski definition) is 1. The molecule has 39 heavy (non-hydrogen) atoms. The van der Waals surface area contributed by atoms with E-state index in [1.165, 1.54) is 35.2 Å². The first-order valence-electron chi connectivity index (χ1n) is 12.6. The van der Waals surface area contributed by atoms with Gasteiger partial charge >= 0.3 is 0 Å². The average molecular weight is 591 g/mol. The van der Waals surface area contributed by atoms with Gasteiger partial charge in [-0.1, -0.05) is 77.7 Å². The van der Waals surface area contributed by atoms with Crippen LogP contribution in [0.5, 0.6) is 0 Å². The fraction of sp³-hybridized carbons (Fsp3) is 0.310. The van der Waals surface area contributed by atoms with E-state index in [-0.39, 0.29) is 33.1 Å². The van der Waals surface area contributed by atoms with E-state index >= 15 is 0 Å². The van der Waals surface area contributed by atoms with Gasteiger partial charge in [0.15, 0.2) is 0 Å². The molecule has 0 aliphatic rings. The molecule has 10 heteroatoms. The smallest absolute Gasteiger partial charge is 0.264 e. The molecule has 0 fully saturated rings. The standard InChI is InChI=1S/C29H33Cl2N3O4S/c1-5-27(29(36)32-6-2)33(18-22-11-7-20(3)8-12-22)28(35)19-34(23-13-16-25(30)26(31)17-23)39(37,38)24-14-9-21(4)10-15-24/h7-17,27H,5-6,18-19H2,1-4H3,(H,32,36)/t27-/m0/s1. The summed E-state index contributed by atoms with van der Waals surface area (Å²) in [7, 11) is -4.19. The van der Waals surface area contributed by atoms with Crippen molar-refractivity contribution >= 4 is 50.7 Å². The Morgan fingerprint density at radius 3 is 2.00 bits per heavy atom. The largest absolute Gasteiger partial charge is 0.355 e. The molecule has 0 aliphatic carbocycles. The Kier molecular flexibility index (Phi) is 10.4. The van der Waals surface area contributed by atoms with E-state index in [9.17, 15) is 18.0 Å². The number of sulfonamides is 1. The van der Waals surface area contributed by atoms with Crippen molar-refractivity contribution in [3.8, 4) is 0 Å². The maximum atomic E-state index is 14.0. The molecule has 3 aromatic rings. The van der Waals surface area contributed by atoms with Gasteiger partial charge in [0.25, 0.3) is 10.0 Å². The van der Waals surface area contributed by atoms with E-state index in [0.29, 0.717) is 13.0 Å². The lowest BCUT2D eigenvalue weighted by Gasteiger charge is -2.33. The number of nitrogens with one attached hydrogen (secondary N) is 1. The molecule has 0 heterocycles. The van der Waals surface area contributed by atoms with Crippen molar-refractivity contribution in [1.82, 2.24) is 10.2 Å². The summed E-state index contributed by atoms with van der Waals surface area (Å²) in [6.07, 6.45) is 0.348. The maximum absolute atomic E-state index is 14.0. The summed E-state index contributed by atoms with van der Waals surface area (Å²) in [4.78, 5) is 28.4. The second-order valence-corrected chi connectivity index (χ2v) is 11.9. The van der Waals surface area contributed by atoms with Gasteiger partial charge in [0.2, 0.25) is 11.8 Å². The third kappa shape index (κ3) is 7.53. The SMILES string of the molecule is CCNC(=O)[C@H](CC)N(Cc1ccc(C)cc1)C(=O)CN(c1ccc(Cl)c(Cl)c1)S(=O)(=O)c1ccc(C)cc1. The Morgan fingerprint density at radius 1 is 0.872 bits per heavy atom. The normalized spacial score (nSPS) is 12.1. The molecular weight excluding hydrogens is 557 g/mol. The Hall–Kier alpha value is -3.07. The number of carbonyl (C=O) groups excluding carboxylic acids is 2. The van der Waals surface area contributed by atoms with Gasteiger partial charge in [-0.2, -0.15) is 0 Å². The Balaban J connectivity index is 2.08. The van der Waals surface area contributed by atoms with E-state index < -0.39 is 28.5 Å². The van der Waals surface area contributed by atoms with Crippen molar-refractivity contribution in [1.29, 1.82) is 0 Å². The molecular formula is C29H33Cl2N3O4S. The number of hydrogen-bond acceptors (Lipinski definition) is 4. The molecule has 0 unspecified atom stereocenters. The molecule has 3 aromatic carbocycles. The zero-order chi connectivity index (χ0) is 28.7. The number of benzene rings is 3. The highest BCUT2D eigenvalue weighted by atomic mass is 35.5. The average Bonchev–Trinajstić information content (AvgIpc) is 2.90. The molecule has 0 aliphatic heterocycles. The van der Waals surface area contributed by atoms with E-state index in [0.717, 1.165) is 21.0 Å². The maximum Gasteiger partial charge on any atom is 0.264 e. The van der Waals surface area contributed by atoms with Crippen LogP contribution in [0.3, 0.4) is 0 Å². The molecule has 7 nitrogen and oxygen atoms in total. The van der Waals surface area contributed by atoms with Gasteiger partial charge in [-0.3, -0.25) is 13.9 Å². The molecule has 0 saturated heterocycles. The minimum atomic E-state index is -4.19. The number of anilines is 1. The van der Waals surface area contributed by atoms with Gasteiger partial charge in [0.1, 0.15) is 12.6 Å². The van der Waals surface area contributed by atoms with Crippen molar-refractivity contribution in [2.75, 3.05) is 17.4 Å². The molecule has 3 rings (SSSR count). The zero-order valence-electron chi connectivity index (χ0n) is 22.4. The fourth-order valence-electron chi connectivity index (χ4n) is 4.11. The van der Waals surface area contributed by atoms with E-state index in [1.807, 2.05) is 45.0 Å². The van der Waals surface area contributed by atoms with Gasteiger partial charge in [0.05, 0.1) is 20.6 Å². The molecule has 0 radical (unpaired) electrons. The minimum absolute atomic E-state index is 0.0211. The van der Waals surface area contributed by atoms with Crippen LogP contribution in [0.2, 0.25) is 10.0 Å². The molecule has 0 saturated carbocycles. The Bertz CT molecular complexity index is 1410. The molecule has 2 amide bonds. The summed E-state index contributed by atoms with van der Waals surface area (Å²) in [5, 5.41) is 3.19. The van der Waals surface area contributed by atoms with E-state index in [1.54, 1.807) is 19.1 Å². The van der Waals surface area contributed by atoms with Gasteiger partial charge in [-0.15, -0.1) is 0 Å². The summed E-state index contributed by atoms with van der Waals surface area (Å²) in [5.74, 6) is -0.835. The molecule has 1 atom stereocenters. The number of carbonyl (C=O) groups is 2. The minimum Gasteiger partial charge on any atom is -0.355 e. The third-order valence-electron chi connectivity index (χ3n) is 6.29. The first kappa shape index (κ1) is 30.5. The van der Waals surface area contributed by atoms with Gasteiger partial charge in [-0.05, 0) is 63.1 Å². The van der Waals surface area contributed by atoms with Crippen molar-refractivity contribution < 1.29 is 18.0 Å². The van der Waals surface area contributed by atoms with Crippen LogP contribution in [0, 0.1) is 13.8 Å². The first-order valence-corrected chi connectivity index (χ1v) is 14.8. The number of aryl methyl sites for hydroxylation is 2. The van der Waals surface area contributed by atoms with Crippen molar-refractivity contribution in [2.24, 2.45) is 0 Å². The quantitative estimate of drug-likeness (QED) is 0.308. The second-order valence-electron chi connectivity index (χ2n) is 9.25. The van der Waals surface area contributed by atoms with Crippen molar-refractivity contribution in [3.05, 3.63) is 93.5 Å². The summed E-state index contributed by atoms with van der Waals surface area (Å²) in [6, 6.07) is 17.6. The van der Waals surface area contributed by atoms with Crippen molar-refractivity contribution in [2.45, 2.75) is 51.6 Å². The van der Waals surface area contributed by atoms with Gasteiger partial charge in [0, 0.05) is 13.1 Å². The van der Waals surface area contributed by atoms with Crippen LogP contribution in [-0.4, -0.2) is 44.3 Å². The van der Waals surface area contributed by atoms with Crippen LogP contribution in [0.4, 0.5) is 5.69 Å². The first-order chi connectivity index (χ1) is 18.5. The Morgan fingerprint density at radius 2 is 1.46 bits per heavy atom. The number of nitrogens with zero attached hydrogens (tertiary/aromatic N) is 2. The second kappa shape index (κ2) is 13.3. The topological polar surface area (TPSA) is 86.8 Å². The molecule has 0 bridgehead atoms. The van der Waals surface area contributed by atoms with Crippen molar-refractivity contribution in [3.63, 3.8) is 0 Å². The van der Waals surface area contributed by atoms with Crippen LogP contribution in [0.25, 0.3) is 0 Å². The number of rotatable bonds is 11. The third-order valence-corrected chi connectivity index (χ3v) is 8.82. The summed E-state index contributed by atoms with van der Waals surface area (Å²) in [5.41, 5.74) is 2.95. The molecule has 1 N–H and O–H groups in total. The Labute approximate surface area is 240 Å². The number of halogens is 2. The highest BCUT2D eigenvalue weighted by Crippen LogP contribution is 2.31. The number of amides is 2. The monoisotopic (exact) mass is 589 g/mol. The summed E-state index contributed by atoms with van der Waals surface area (Å²) in [6.45, 7) is 7.42. The zero-order valence-corrected chi connectivity index (χ0v) is 24.8. The van der Waals surface area contributed by atoms with Crippen LogP contribution in [0.1, 0.15) is 37.0 Å². The fourth-order valence-corrected chi connectivity index (χ4v) is 5.81. The lowest BCUT2D eigenvalue weighted by molar-refractivity contribution is -0.140.